The van der Waals surface area contributed by atoms with Gasteiger partial charge in [-0.1, -0.05) is 50.6 Å². The monoisotopic (exact) mass is 573 g/mol. The fourth-order valence-electron chi connectivity index (χ4n) is 6.92. The highest BCUT2D eigenvalue weighted by molar-refractivity contribution is 6.47. The maximum atomic E-state index is 13.3. The molecule has 4 N–H and O–H groups in total. The maximum absolute atomic E-state index is 13.3. The van der Waals surface area contributed by atoms with Crippen molar-refractivity contribution in [1.82, 2.24) is 20.1 Å². The number of hydrogen-bond acceptors (Lipinski definition) is 7. The first kappa shape index (κ1) is 30.5. The Morgan fingerprint density at radius 2 is 1.98 bits per heavy atom. The summed E-state index contributed by atoms with van der Waals surface area (Å²) in [7, 11) is -0.542. The Kier molecular flexibility index (Phi) is 9.29. The van der Waals surface area contributed by atoms with Gasteiger partial charge in [-0.25, -0.2) is 9.67 Å². The minimum atomic E-state index is -1.03. The third-order valence-electron chi connectivity index (χ3n) is 9.21. The van der Waals surface area contributed by atoms with Gasteiger partial charge in [0, 0.05) is 6.42 Å². The van der Waals surface area contributed by atoms with Gasteiger partial charge in [0.15, 0.2) is 5.82 Å². The molecule has 12 heteroatoms. The summed E-state index contributed by atoms with van der Waals surface area (Å²) in [6, 6.07) is 9.70. The van der Waals surface area contributed by atoms with E-state index in [4.69, 9.17) is 15.0 Å². The van der Waals surface area contributed by atoms with Crippen LogP contribution in [-0.4, -0.2) is 63.1 Å². The molecule has 3 aliphatic carbocycles. The molecule has 0 radical (unpaired) electrons. The van der Waals surface area contributed by atoms with Gasteiger partial charge in [0.1, 0.15) is 18.8 Å². The second-order valence-corrected chi connectivity index (χ2v) is 12.1. The summed E-state index contributed by atoms with van der Waals surface area (Å²) in [6.07, 6.45) is 4.63. The molecule has 4 aliphatic rings. The van der Waals surface area contributed by atoms with E-state index in [9.17, 15) is 14.7 Å². The zero-order valence-electron chi connectivity index (χ0n) is 23.5. The Labute approximate surface area is 242 Å². The molecule has 4 fully saturated rings. The van der Waals surface area contributed by atoms with Crippen molar-refractivity contribution in [3.8, 4) is 0 Å². The average molecular weight is 574 g/mol. The number of aliphatic carboxylic acids is 1. The summed E-state index contributed by atoms with van der Waals surface area (Å²) in [6.45, 7) is 7.25. The molecule has 5 unspecified atom stereocenters. The summed E-state index contributed by atoms with van der Waals surface area (Å²) < 4.78 is 14.5. The third kappa shape index (κ3) is 6.07. The van der Waals surface area contributed by atoms with E-state index in [1.54, 1.807) is 0 Å². The van der Waals surface area contributed by atoms with E-state index in [2.05, 4.69) is 36.2 Å². The number of unbranched alkanes of at least 4 members (excludes halogenated alkanes) is 1. The van der Waals surface area contributed by atoms with Crippen LogP contribution in [0.1, 0.15) is 70.1 Å². The first-order chi connectivity index (χ1) is 18.6. The molecule has 1 amide bonds. The first-order valence-corrected chi connectivity index (χ1v) is 14.1. The first-order valence-electron chi connectivity index (χ1n) is 14.1. The van der Waals surface area contributed by atoms with Crippen molar-refractivity contribution in [2.24, 2.45) is 23.0 Å². The fourth-order valence-corrected chi connectivity index (χ4v) is 6.92. The second kappa shape index (κ2) is 12.2. The van der Waals surface area contributed by atoms with Crippen LogP contribution in [0.25, 0.3) is 0 Å². The number of carbonyl (C=O) groups excluding carboxylic acids is 1. The van der Waals surface area contributed by atoms with Gasteiger partial charge >= 0.3 is 13.1 Å². The van der Waals surface area contributed by atoms with E-state index in [1.807, 2.05) is 30.3 Å². The average Bonchev–Trinajstić information content (AvgIpc) is 3.42. The standard InChI is InChI=1S/C28H40BN5O5.ClH/c1-27(2)19-14-20(27)28(3)21(15-19)38-29(39-28)22(11-7-8-12-30)31-25(35)17-34-24(16-26(36)37)32-23(33-34)13-18-9-5-4-6-10-18;/h4-6,9-10,19-22H,7-8,11-17,30H2,1-3H3,(H,31,35)(H,36,37);1H. The molecule has 1 aromatic heterocycles. The molecule has 0 spiro atoms. The maximum Gasteiger partial charge on any atom is 0.481 e. The molecule has 5 atom stereocenters. The number of aromatic nitrogens is 3. The van der Waals surface area contributed by atoms with Gasteiger partial charge in [-0.15, -0.1) is 12.4 Å². The summed E-state index contributed by atoms with van der Waals surface area (Å²) in [5, 5.41) is 17.0. The minimum absolute atomic E-state index is 0. The Bertz CT molecular complexity index is 1200. The van der Waals surface area contributed by atoms with E-state index in [0.717, 1.165) is 31.2 Å². The molecule has 2 aromatic rings. The van der Waals surface area contributed by atoms with Gasteiger partial charge in [0.2, 0.25) is 5.91 Å². The molecule has 1 aliphatic heterocycles. The molecule has 3 saturated carbocycles. The molecule has 1 aromatic carbocycles. The quantitative estimate of drug-likeness (QED) is 0.260. The summed E-state index contributed by atoms with van der Waals surface area (Å²) in [4.78, 5) is 29.2. The Balaban J connectivity index is 0.00000370. The number of nitrogens with two attached hydrogens (primary N) is 1. The molecule has 40 heavy (non-hydrogen) atoms. The van der Waals surface area contributed by atoms with Crippen molar-refractivity contribution in [1.29, 1.82) is 0 Å². The zero-order chi connectivity index (χ0) is 27.8. The van der Waals surface area contributed by atoms with Crippen molar-refractivity contribution >= 4 is 31.4 Å². The highest BCUT2D eigenvalue weighted by Crippen LogP contribution is 2.65. The number of rotatable bonds is 12. The number of nitrogens with zero attached hydrogens (tertiary/aromatic N) is 3. The highest BCUT2D eigenvalue weighted by atomic mass is 35.5. The molecule has 2 bridgehead atoms. The van der Waals surface area contributed by atoms with Gasteiger partial charge in [0.25, 0.3) is 0 Å². The Morgan fingerprint density at radius 3 is 2.65 bits per heavy atom. The van der Waals surface area contributed by atoms with Crippen LogP contribution in [0, 0.1) is 17.3 Å². The predicted molar refractivity (Wildman–Crippen MR) is 153 cm³/mol. The van der Waals surface area contributed by atoms with Crippen LogP contribution in [0.2, 0.25) is 0 Å². The molecule has 2 heterocycles. The summed E-state index contributed by atoms with van der Waals surface area (Å²) >= 11 is 0. The number of hydrogen-bond donors (Lipinski definition) is 3. The van der Waals surface area contributed by atoms with Crippen LogP contribution in [0.4, 0.5) is 0 Å². The lowest BCUT2D eigenvalue weighted by molar-refractivity contribution is -0.199. The van der Waals surface area contributed by atoms with Crippen LogP contribution >= 0.6 is 12.4 Å². The normalized spacial score (nSPS) is 26.8. The zero-order valence-corrected chi connectivity index (χ0v) is 24.4. The number of benzene rings is 1. The van der Waals surface area contributed by atoms with Gasteiger partial charge in [-0.3, -0.25) is 9.59 Å². The Hall–Kier alpha value is -2.47. The van der Waals surface area contributed by atoms with Crippen molar-refractivity contribution in [3.63, 3.8) is 0 Å². The van der Waals surface area contributed by atoms with Crippen LogP contribution in [0.3, 0.4) is 0 Å². The predicted octanol–water partition coefficient (Wildman–Crippen LogP) is 2.80. The number of carboxylic acids is 1. The van der Waals surface area contributed by atoms with Crippen LogP contribution in [-0.2, 0) is 38.3 Å². The van der Waals surface area contributed by atoms with Crippen molar-refractivity contribution in [2.45, 2.75) is 89.9 Å². The largest absolute Gasteiger partial charge is 0.481 e. The van der Waals surface area contributed by atoms with E-state index >= 15 is 0 Å². The van der Waals surface area contributed by atoms with Crippen molar-refractivity contribution in [2.75, 3.05) is 6.54 Å². The van der Waals surface area contributed by atoms with Gasteiger partial charge in [-0.2, -0.15) is 5.10 Å². The highest BCUT2D eigenvalue weighted by Gasteiger charge is 2.68. The van der Waals surface area contributed by atoms with E-state index < -0.39 is 13.1 Å². The van der Waals surface area contributed by atoms with Crippen LogP contribution < -0.4 is 11.1 Å². The molecule has 6 rings (SSSR count). The topological polar surface area (TPSA) is 142 Å². The number of carboxylic acid groups (broad SMARTS) is 1. The summed E-state index contributed by atoms with van der Waals surface area (Å²) in [5.41, 5.74) is 6.61. The third-order valence-corrected chi connectivity index (χ3v) is 9.21. The summed E-state index contributed by atoms with van der Waals surface area (Å²) in [5.74, 6) is 0.131. The minimum Gasteiger partial charge on any atom is -0.481 e. The molecular formula is C28H41BClN5O5. The molecule has 218 valence electrons. The number of nitrogens with one attached hydrogen (secondary N) is 1. The number of carbonyl (C=O) groups is 2. The second-order valence-electron chi connectivity index (χ2n) is 12.1. The van der Waals surface area contributed by atoms with E-state index in [0.29, 0.717) is 37.0 Å². The molecule has 1 saturated heterocycles. The van der Waals surface area contributed by atoms with Gasteiger partial charge in [-0.05, 0) is 62.0 Å². The van der Waals surface area contributed by atoms with E-state index in [-0.39, 0.29) is 60.2 Å². The van der Waals surface area contributed by atoms with Crippen molar-refractivity contribution < 1.29 is 24.0 Å². The smallest absolute Gasteiger partial charge is 0.481 e. The van der Waals surface area contributed by atoms with Crippen LogP contribution in [0.5, 0.6) is 0 Å². The SMILES string of the molecule is CC1(C)C2CC3OB(C(CCCCN)NC(=O)Cn4nc(Cc5ccccc5)nc4CC(=O)O)OC3(C)C1C2.Cl. The number of halogens is 1. The Morgan fingerprint density at radius 1 is 1.23 bits per heavy atom. The molecular weight excluding hydrogens is 533 g/mol. The molecule has 10 nitrogen and oxygen atoms in total. The number of amides is 1. The lowest BCUT2D eigenvalue weighted by atomic mass is 9.43. The van der Waals surface area contributed by atoms with Crippen LogP contribution in [0.15, 0.2) is 30.3 Å². The van der Waals surface area contributed by atoms with Gasteiger partial charge in [0.05, 0.1) is 17.6 Å². The van der Waals surface area contributed by atoms with Gasteiger partial charge < -0.3 is 25.5 Å². The lowest BCUT2D eigenvalue weighted by Gasteiger charge is -2.64. The lowest BCUT2D eigenvalue weighted by Crippen LogP contribution is -2.65. The fraction of sp³-hybridized carbons (Fsp3) is 0.643. The van der Waals surface area contributed by atoms with Crippen molar-refractivity contribution in [3.05, 3.63) is 47.5 Å². The van der Waals surface area contributed by atoms with E-state index in [1.165, 1.54) is 4.68 Å².